The standard InChI is InChI=1S/2C8H12P.2ClH.Zr/c2*1-5-6(2)8(4)9-7(5)3;;;/h2*1-4H3;2*1H;/q2*-1;;;+2. The van der Waals surface area contributed by atoms with E-state index in [1.165, 1.54) is 59.8 Å². The molecule has 0 aliphatic heterocycles. The van der Waals surface area contributed by atoms with E-state index in [0.29, 0.717) is 0 Å². The van der Waals surface area contributed by atoms with Crippen molar-refractivity contribution in [1.29, 1.82) is 0 Å². The van der Waals surface area contributed by atoms with Gasteiger partial charge >= 0.3 is 26.2 Å². The number of aryl methyl sites for hydroxylation is 4. The van der Waals surface area contributed by atoms with Gasteiger partial charge in [-0.3, -0.25) is 0 Å². The van der Waals surface area contributed by atoms with E-state index in [1.807, 2.05) is 0 Å². The van der Waals surface area contributed by atoms with Crippen LogP contribution >= 0.6 is 41.2 Å². The van der Waals surface area contributed by atoms with E-state index in [9.17, 15) is 0 Å². The van der Waals surface area contributed by atoms with Gasteiger partial charge in [-0.1, -0.05) is 55.4 Å². The van der Waals surface area contributed by atoms with Gasteiger partial charge in [-0.15, -0.1) is 35.4 Å². The van der Waals surface area contributed by atoms with Crippen molar-refractivity contribution < 1.29 is 26.2 Å². The van der Waals surface area contributed by atoms with Gasteiger partial charge in [0, 0.05) is 0 Å². The van der Waals surface area contributed by atoms with Crippen molar-refractivity contribution in [1.82, 2.24) is 0 Å². The molecule has 0 atom stereocenters. The van der Waals surface area contributed by atoms with E-state index in [0.717, 1.165) is 0 Å². The average molecular weight is 442 g/mol. The third-order valence-corrected chi connectivity index (χ3v) is 6.65. The van der Waals surface area contributed by atoms with Crippen molar-refractivity contribution in [3.63, 3.8) is 0 Å². The van der Waals surface area contributed by atoms with E-state index in [2.05, 4.69) is 55.4 Å². The summed E-state index contributed by atoms with van der Waals surface area (Å²) in [5.41, 5.74) is 5.98. The molecule has 0 fully saturated rings. The second kappa shape index (κ2) is 11.5. The molecule has 0 radical (unpaired) electrons. The van der Waals surface area contributed by atoms with Crippen LogP contribution in [0.25, 0.3) is 0 Å². The van der Waals surface area contributed by atoms with Crippen molar-refractivity contribution in [3.05, 3.63) is 43.4 Å². The fourth-order valence-electron chi connectivity index (χ4n) is 1.92. The van der Waals surface area contributed by atoms with Gasteiger partial charge in [-0.05, 0) is 0 Å². The van der Waals surface area contributed by atoms with E-state index in [4.69, 9.17) is 0 Å². The molecule has 0 amide bonds. The Bertz CT molecular complexity index is 462. The van der Waals surface area contributed by atoms with Gasteiger partial charge in [0.05, 0.1) is 0 Å². The molecule has 0 aromatic carbocycles. The summed E-state index contributed by atoms with van der Waals surface area (Å²) in [6.07, 6.45) is 0. The quantitative estimate of drug-likeness (QED) is 0.376. The van der Waals surface area contributed by atoms with Gasteiger partial charge in [-0.25, -0.2) is 16.4 Å². The van der Waals surface area contributed by atoms with Crippen LogP contribution in [0.5, 0.6) is 0 Å². The zero-order valence-corrected chi connectivity index (χ0v) is 20.1. The van der Waals surface area contributed by atoms with Crippen LogP contribution in [0, 0.1) is 55.4 Å². The summed E-state index contributed by atoms with van der Waals surface area (Å²) in [4.78, 5) is 0. The monoisotopic (exact) mass is 440 g/mol. The SMILES string of the molecule is Cc1p[c-](C)c(C)c1C.Cc1p[c-](C)c(C)c1C.Cl.Cl.[Zr+2]. The predicted octanol–water partition coefficient (Wildman–Crippen LogP) is 7.28. The molecule has 2 heterocycles. The van der Waals surface area contributed by atoms with Crippen molar-refractivity contribution in [2.75, 3.05) is 0 Å². The minimum absolute atomic E-state index is 0. The molecule has 0 N–H and O–H groups in total. The van der Waals surface area contributed by atoms with Crippen LogP contribution in [0.3, 0.4) is 0 Å². The Hall–Kier alpha value is 1.02. The number of rotatable bonds is 0. The molecule has 0 spiro atoms. The summed E-state index contributed by atoms with van der Waals surface area (Å²) in [5.74, 6) is 0. The van der Waals surface area contributed by atoms with Crippen LogP contribution in [0.1, 0.15) is 43.4 Å². The first-order chi connectivity index (χ1) is 8.25. The molecular weight excluding hydrogens is 416 g/mol. The topological polar surface area (TPSA) is 0 Å². The maximum absolute atomic E-state index is 2.21. The molecule has 2 aromatic rings. The number of halogens is 2. The first kappa shape index (κ1) is 26.9. The molecule has 5 heteroatoms. The third-order valence-electron chi connectivity index (χ3n) is 3.97. The van der Waals surface area contributed by atoms with Gasteiger partial charge in [0.25, 0.3) is 0 Å². The summed E-state index contributed by atoms with van der Waals surface area (Å²) in [5, 5.41) is 6.07. The molecule has 0 bridgehead atoms. The molecule has 0 saturated carbocycles. The molecule has 118 valence electrons. The van der Waals surface area contributed by atoms with Gasteiger partial charge in [0.2, 0.25) is 0 Å². The zero-order valence-electron chi connectivity index (χ0n) is 14.2. The molecule has 2 aromatic heterocycles. The Morgan fingerprint density at radius 2 is 0.857 bits per heavy atom. The largest absolute Gasteiger partial charge is 2.00 e. The van der Waals surface area contributed by atoms with E-state index >= 15 is 0 Å². The third kappa shape index (κ3) is 6.98. The van der Waals surface area contributed by atoms with E-state index in [-0.39, 0.29) is 51.0 Å². The normalized spacial score (nSPS) is 9.52. The summed E-state index contributed by atoms with van der Waals surface area (Å²) in [7, 11) is 2.87. The number of hydrogen-bond donors (Lipinski definition) is 0. The minimum Gasteiger partial charge on any atom is -0.220 e. The molecule has 0 saturated heterocycles. The van der Waals surface area contributed by atoms with E-state index < -0.39 is 0 Å². The van der Waals surface area contributed by atoms with Crippen molar-refractivity contribution >= 4 is 41.2 Å². The Morgan fingerprint density at radius 1 is 0.619 bits per heavy atom. The van der Waals surface area contributed by atoms with Gasteiger partial charge in [0.15, 0.2) is 0 Å². The Labute approximate surface area is 165 Å². The predicted molar refractivity (Wildman–Crippen MR) is 101 cm³/mol. The van der Waals surface area contributed by atoms with Gasteiger partial charge in [0.1, 0.15) is 0 Å². The summed E-state index contributed by atoms with van der Waals surface area (Å²) < 4.78 is 0. The minimum atomic E-state index is 0. The van der Waals surface area contributed by atoms with Crippen LogP contribution in [0.4, 0.5) is 0 Å². The maximum Gasteiger partial charge on any atom is 2.00 e. The molecule has 0 nitrogen and oxygen atoms in total. The Kier molecular flexibility index (Phi) is 14.8. The summed E-state index contributed by atoms with van der Waals surface area (Å²) >= 11 is 0. The second-order valence-corrected chi connectivity index (χ2v) is 8.20. The van der Waals surface area contributed by atoms with Crippen LogP contribution in [-0.4, -0.2) is 0 Å². The average Bonchev–Trinajstić information content (AvgIpc) is 2.66. The van der Waals surface area contributed by atoms with Crippen LogP contribution in [0.15, 0.2) is 0 Å². The fraction of sp³-hybridized carbons (Fsp3) is 0.500. The second-order valence-electron chi connectivity index (χ2n) is 5.07. The van der Waals surface area contributed by atoms with Crippen molar-refractivity contribution in [3.8, 4) is 0 Å². The summed E-state index contributed by atoms with van der Waals surface area (Å²) in [6, 6.07) is 0. The fourth-order valence-corrected chi connectivity index (χ4v) is 4.27. The van der Waals surface area contributed by atoms with Gasteiger partial charge < -0.3 is 0 Å². The first-order valence-corrected chi connectivity index (χ1v) is 8.18. The molecule has 2 rings (SSSR count). The Morgan fingerprint density at radius 3 is 0.905 bits per heavy atom. The maximum atomic E-state index is 2.21. The molecule has 0 aliphatic rings. The molecular formula is C16H26Cl2P2Zr. The van der Waals surface area contributed by atoms with Crippen LogP contribution in [0.2, 0.25) is 0 Å². The summed E-state index contributed by atoms with van der Waals surface area (Å²) in [6.45, 7) is 17.6. The Balaban J connectivity index is -0.000000270. The van der Waals surface area contributed by atoms with Crippen molar-refractivity contribution in [2.45, 2.75) is 55.4 Å². The molecule has 21 heavy (non-hydrogen) atoms. The van der Waals surface area contributed by atoms with Crippen LogP contribution < -0.4 is 0 Å². The zero-order chi connectivity index (χ0) is 14.0. The van der Waals surface area contributed by atoms with Crippen molar-refractivity contribution in [2.24, 2.45) is 0 Å². The van der Waals surface area contributed by atoms with E-state index in [1.54, 1.807) is 0 Å². The first-order valence-electron chi connectivity index (χ1n) is 6.39. The molecule has 0 unspecified atom stereocenters. The smallest absolute Gasteiger partial charge is 0.220 e. The number of hydrogen-bond acceptors (Lipinski definition) is 0. The molecule has 0 aliphatic carbocycles. The van der Waals surface area contributed by atoms with Crippen LogP contribution in [-0.2, 0) is 26.2 Å². The van der Waals surface area contributed by atoms with Gasteiger partial charge in [-0.2, -0.15) is 32.8 Å².